The number of hydrogen-bond acceptors (Lipinski definition) is 4. The molecule has 0 atom stereocenters. The van der Waals surface area contributed by atoms with Gasteiger partial charge in [-0.3, -0.25) is 12.6 Å². The molecule has 0 saturated heterocycles. The normalized spacial score (nSPS) is 16.5. The molecule has 0 fully saturated rings. The first-order valence-electron chi connectivity index (χ1n) is 3.83. The molecule has 1 aliphatic rings. The third kappa shape index (κ3) is 1.87. The summed E-state index contributed by atoms with van der Waals surface area (Å²) >= 11 is 8.72. The molecule has 1 aliphatic heterocycles. The van der Waals surface area contributed by atoms with Crippen molar-refractivity contribution in [2.45, 2.75) is 5.79 Å². The van der Waals surface area contributed by atoms with E-state index in [-0.39, 0.29) is 0 Å². The zero-order valence-electron chi connectivity index (χ0n) is 7.12. The van der Waals surface area contributed by atoms with Crippen molar-refractivity contribution < 1.29 is 11.5 Å². The molecule has 0 aromatic heterocycles. The Kier molecular flexibility index (Phi) is 3.46. The van der Waals surface area contributed by atoms with Crippen molar-refractivity contribution in [2.75, 3.05) is 0 Å². The van der Waals surface area contributed by atoms with Gasteiger partial charge in [0.1, 0.15) is 38.3 Å². The van der Waals surface area contributed by atoms with E-state index in [9.17, 15) is 0 Å². The molecular weight excluding hydrogens is 398 g/mol. The molecule has 0 unspecified atom stereocenters. The van der Waals surface area contributed by atoms with E-state index >= 15 is 0 Å². The van der Waals surface area contributed by atoms with E-state index in [1.54, 1.807) is 18.3 Å². The van der Waals surface area contributed by atoms with E-state index in [0.29, 0.717) is 5.75 Å². The first-order valence-corrected chi connectivity index (χ1v) is 5.78. The lowest BCUT2D eigenvalue weighted by atomic mass is 10.1. The molecule has 2 rings (SSSR count). The van der Waals surface area contributed by atoms with Crippen LogP contribution in [0.25, 0.3) is 0 Å². The first kappa shape index (κ1) is 11.5. The highest BCUT2D eigenvalue weighted by Crippen LogP contribution is 2.42. The largest absolute Gasteiger partial charge is 0.418 e. The molecule has 80 valence electrons. The zero-order valence-corrected chi connectivity index (χ0v) is 11.9. The quantitative estimate of drug-likeness (QED) is 0.721. The number of hydrogen-bond donors (Lipinski definition) is 0. The van der Waals surface area contributed by atoms with E-state index in [1.807, 2.05) is 6.07 Å². The Labute approximate surface area is 112 Å². The second-order valence-electron chi connectivity index (χ2n) is 2.84. The minimum absolute atomic E-state index is 0.637. The molecule has 4 nitrogen and oxygen atoms in total. The zero-order chi connectivity index (χ0) is 10.9. The van der Waals surface area contributed by atoms with Crippen LogP contribution in [0.15, 0.2) is 23.2 Å². The van der Waals surface area contributed by atoms with E-state index in [0.717, 1.165) is 11.3 Å². The second-order valence-corrected chi connectivity index (χ2v) is 3.81. The Bertz CT molecular complexity index is 406. The fraction of sp³-hybridized carbons (Fsp3) is 0.125. The summed E-state index contributed by atoms with van der Waals surface area (Å²) in [7, 11) is 0. The van der Waals surface area contributed by atoms with Gasteiger partial charge in [0.15, 0.2) is 16.3 Å². The number of fused-ring (bicyclic) bond motifs is 1. The van der Waals surface area contributed by atoms with Crippen LogP contribution in [0.4, 0.5) is 5.69 Å². The van der Waals surface area contributed by atoms with Crippen molar-refractivity contribution in [3.05, 3.63) is 23.8 Å². The number of aliphatic imine (C=N–C) groups is 1. The maximum absolute atomic E-state index is 5.10. The van der Waals surface area contributed by atoms with Crippen LogP contribution in [0.1, 0.15) is 5.56 Å². The van der Waals surface area contributed by atoms with Gasteiger partial charge in [0.2, 0.25) is 0 Å². The third-order valence-electron chi connectivity index (χ3n) is 2.04. The fourth-order valence-corrected chi connectivity index (χ4v) is 2.34. The number of rotatable bonds is 3. The van der Waals surface area contributed by atoms with Crippen LogP contribution in [0, 0.1) is 0 Å². The van der Waals surface area contributed by atoms with E-state index < -0.39 is 5.79 Å². The molecule has 0 saturated carbocycles. The lowest BCUT2D eigenvalue weighted by Crippen LogP contribution is -2.25. The number of halogens is 3. The first-order chi connectivity index (χ1) is 7.25. The molecule has 0 N–H and O–H groups in total. The van der Waals surface area contributed by atoms with Crippen molar-refractivity contribution >= 4 is 60.7 Å². The predicted molar refractivity (Wildman–Crippen MR) is 65.9 cm³/mol. The fourth-order valence-electron chi connectivity index (χ4n) is 1.31. The molecule has 0 bridgehead atoms. The van der Waals surface area contributed by atoms with Gasteiger partial charge in [0, 0.05) is 5.56 Å². The summed E-state index contributed by atoms with van der Waals surface area (Å²) in [4.78, 5) is 4.16. The highest BCUT2D eigenvalue weighted by Gasteiger charge is 2.39. The molecule has 0 aliphatic carbocycles. The molecule has 15 heavy (non-hydrogen) atoms. The third-order valence-corrected chi connectivity index (χ3v) is 3.37. The average Bonchev–Trinajstić information content (AvgIpc) is 2.67. The summed E-state index contributed by atoms with van der Waals surface area (Å²) in [6.45, 7) is 0. The van der Waals surface area contributed by atoms with Crippen molar-refractivity contribution in [1.29, 1.82) is 0 Å². The van der Waals surface area contributed by atoms with Gasteiger partial charge in [0.05, 0.1) is 11.9 Å². The number of benzene rings is 1. The highest BCUT2D eigenvalue weighted by atomic mass is 79.9. The van der Waals surface area contributed by atoms with Crippen LogP contribution in [0.5, 0.6) is 5.75 Å². The maximum Gasteiger partial charge on any atom is 0.258 e. The summed E-state index contributed by atoms with van der Waals surface area (Å²) in [6.07, 6.45) is 1.54. The SMILES string of the molecule is BrOc1ccc2c(c1)C(OBr)(OBr)C=N2. The highest BCUT2D eigenvalue weighted by molar-refractivity contribution is 9.06. The van der Waals surface area contributed by atoms with Gasteiger partial charge in [0.25, 0.3) is 5.79 Å². The lowest BCUT2D eigenvalue weighted by molar-refractivity contribution is 0.000430. The van der Waals surface area contributed by atoms with Gasteiger partial charge in [-0.05, 0) is 18.2 Å². The van der Waals surface area contributed by atoms with E-state index in [4.69, 9.17) is 11.5 Å². The van der Waals surface area contributed by atoms with E-state index in [1.165, 1.54) is 0 Å². The monoisotopic (exact) mass is 399 g/mol. The number of nitrogens with zero attached hydrogens (tertiary/aromatic N) is 1. The van der Waals surface area contributed by atoms with Crippen LogP contribution in [0.2, 0.25) is 0 Å². The van der Waals surface area contributed by atoms with Gasteiger partial charge >= 0.3 is 0 Å². The second kappa shape index (κ2) is 4.50. The average molecular weight is 402 g/mol. The summed E-state index contributed by atoms with van der Waals surface area (Å²) in [5.74, 6) is -0.422. The minimum atomic E-state index is -1.06. The molecule has 0 amide bonds. The Morgan fingerprint density at radius 3 is 2.47 bits per heavy atom. The van der Waals surface area contributed by atoms with Gasteiger partial charge in [-0.2, -0.15) is 0 Å². The van der Waals surface area contributed by atoms with Crippen LogP contribution in [-0.2, 0) is 13.4 Å². The van der Waals surface area contributed by atoms with Crippen LogP contribution in [0.3, 0.4) is 0 Å². The van der Waals surface area contributed by atoms with Crippen molar-refractivity contribution in [3.63, 3.8) is 0 Å². The van der Waals surface area contributed by atoms with Crippen LogP contribution >= 0.6 is 48.8 Å². The van der Waals surface area contributed by atoms with Crippen LogP contribution in [-0.4, -0.2) is 6.21 Å². The van der Waals surface area contributed by atoms with Crippen molar-refractivity contribution in [3.8, 4) is 5.75 Å². The molecule has 1 heterocycles. The molecule has 0 spiro atoms. The summed E-state index contributed by atoms with van der Waals surface area (Å²) in [6, 6.07) is 5.35. The molecule has 1 aromatic rings. The summed E-state index contributed by atoms with van der Waals surface area (Å²) in [5.41, 5.74) is 1.51. The van der Waals surface area contributed by atoms with Gasteiger partial charge in [-0.1, -0.05) is 0 Å². The van der Waals surface area contributed by atoms with Gasteiger partial charge in [-0.25, -0.2) is 0 Å². The topological polar surface area (TPSA) is 40.0 Å². The minimum Gasteiger partial charge on any atom is -0.418 e. The lowest BCUT2D eigenvalue weighted by Gasteiger charge is -2.20. The van der Waals surface area contributed by atoms with Crippen LogP contribution < -0.4 is 3.83 Å². The van der Waals surface area contributed by atoms with Gasteiger partial charge < -0.3 is 3.83 Å². The smallest absolute Gasteiger partial charge is 0.258 e. The maximum atomic E-state index is 5.10. The molecule has 0 radical (unpaired) electrons. The Morgan fingerprint density at radius 1 is 1.13 bits per heavy atom. The summed E-state index contributed by atoms with van der Waals surface area (Å²) < 4.78 is 15.1. The Hall–Kier alpha value is 0.0500. The molecule has 1 aromatic carbocycles. The Morgan fingerprint density at radius 2 is 1.87 bits per heavy atom. The van der Waals surface area contributed by atoms with Crippen molar-refractivity contribution in [1.82, 2.24) is 0 Å². The van der Waals surface area contributed by atoms with Gasteiger partial charge in [-0.15, -0.1) is 0 Å². The van der Waals surface area contributed by atoms with E-state index in [2.05, 4.69) is 53.8 Å². The summed E-state index contributed by atoms with van der Waals surface area (Å²) in [5, 5.41) is 0. The Balaban J connectivity index is 2.51. The molecular formula is C8H4Br3NO3. The standard InChI is InChI=1S/C8H4Br3NO3/c9-13-5-1-2-7-6(3-5)8(14-10,15-11)4-12-7/h1-4H. The van der Waals surface area contributed by atoms with Crippen molar-refractivity contribution in [2.24, 2.45) is 4.99 Å². The molecule has 7 heteroatoms. The predicted octanol–water partition coefficient (Wildman–Crippen LogP) is 3.90.